The minimum absolute atomic E-state index is 0.0568. The zero-order valence-corrected chi connectivity index (χ0v) is 13.7. The zero-order valence-electron chi connectivity index (χ0n) is 12.9. The highest BCUT2D eigenvalue weighted by molar-refractivity contribution is 7.89. The third kappa shape index (κ3) is 3.95. The van der Waals surface area contributed by atoms with Gasteiger partial charge in [0, 0.05) is 18.0 Å². The number of benzene rings is 1. The highest BCUT2D eigenvalue weighted by atomic mass is 32.2. The molecular weight excluding hydrogens is 315 g/mol. The average Bonchev–Trinajstić information content (AvgIpc) is 3.38. The highest BCUT2D eigenvalue weighted by Crippen LogP contribution is 2.41. The molecule has 1 saturated carbocycles. The van der Waals surface area contributed by atoms with Crippen LogP contribution >= 0.6 is 0 Å². The first-order chi connectivity index (χ1) is 11.0. The maximum Gasteiger partial charge on any atom is 0.211 e. The molecule has 0 amide bonds. The number of aromatic nitrogens is 1. The molecule has 1 fully saturated rings. The van der Waals surface area contributed by atoms with E-state index in [0.29, 0.717) is 5.92 Å². The molecule has 4 nitrogen and oxygen atoms in total. The Morgan fingerprint density at radius 2 is 1.91 bits per heavy atom. The van der Waals surface area contributed by atoms with Gasteiger partial charge in [0.05, 0.1) is 11.8 Å². The molecule has 23 heavy (non-hydrogen) atoms. The minimum Gasteiger partial charge on any atom is -0.264 e. The Morgan fingerprint density at radius 1 is 1.22 bits per heavy atom. The summed E-state index contributed by atoms with van der Waals surface area (Å²) in [5.74, 6) is 0.0902. The Hall–Kier alpha value is -1.79. The van der Waals surface area contributed by atoms with Crippen molar-refractivity contribution in [3.63, 3.8) is 0 Å². The van der Waals surface area contributed by atoms with E-state index < -0.39 is 10.0 Å². The molecule has 1 aliphatic carbocycles. The van der Waals surface area contributed by atoms with Gasteiger partial charge in [0.15, 0.2) is 0 Å². The van der Waals surface area contributed by atoms with Crippen molar-refractivity contribution < 1.29 is 12.8 Å². The predicted octanol–water partition coefficient (Wildman–Crippen LogP) is 3.28. The van der Waals surface area contributed by atoms with E-state index in [4.69, 9.17) is 0 Å². The molecule has 1 unspecified atom stereocenters. The fraction of sp³-hybridized carbons (Fsp3) is 0.353. The second kappa shape index (κ2) is 6.37. The van der Waals surface area contributed by atoms with Gasteiger partial charge in [-0.1, -0.05) is 12.1 Å². The molecule has 1 aromatic heterocycles. The van der Waals surface area contributed by atoms with Crippen molar-refractivity contribution in [2.24, 2.45) is 5.92 Å². The first kappa shape index (κ1) is 16.1. The topological polar surface area (TPSA) is 59.1 Å². The van der Waals surface area contributed by atoms with Gasteiger partial charge in [0.2, 0.25) is 10.0 Å². The largest absolute Gasteiger partial charge is 0.264 e. The van der Waals surface area contributed by atoms with E-state index in [2.05, 4.69) is 9.71 Å². The molecule has 1 aromatic carbocycles. The monoisotopic (exact) mass is 334 g/mol. The molecule has 1 aliphatic rings. The van der Waals surface area contributed by atoms with E-state index in [1.54, 1.807) is 31.5 Å². The van der Waals surface area contributed by atoms with Crippen molar-refractivity contribution in [2.75, 3.05) is 5.75 Å². The molecule has 0 aliphatic heterocycles. The van der Waals surface area contributed by atoms with E-state index >= 15 is 0 Å². The van der Waals surface area contributed by atoms with Crippen LogP contribution in [0.2, 0.25) is 0 Å². The lowest BCUT2D eigenvalue weighted by atomic mass is 10.0. The Morgan fingerprint density at radius 3 is 2.52 bits per heavy atom. The third-order valence-corrected chi connectivity index (χ3v) is 5.45. The minimum atomic E-state index is -3.28. The lowest BCUT2D eigenvalue weighted by Gasteiger charge is -2.18. The number of rotatable bonds is 6. The van der Waals surface area contributed by atoms with Gasteiger partial charge >= 0.3 is 0 Å². The number of halogens is 1. The zero-order chi connectivity index (χ0) is 16.4. The maximum absolute atomic E-state index is 13.1. The van der Waals surface area contributed by atoms with Gasteiger partial charge in [-0.15, -0.1) is 0 Å². The number of hydrogen-bond acceptors (Lipinski definition) is 3. The molecule has 0 bridgehead atoms. The Kier molecular flexibility index (Phi) is 4.46. The average molecular weight is 334 g/mol. The molecule has 6 heteroatoms. The fourth-order valence-corrected chi connectivity index (χ4v) is 3.45. The second-order valence-corrected chi connectivity index (χ2v) is 7.89. The quantitative estimate of drug-likeness (QED) is 0.882. The van der Waals surface area contributed by atoms with Crippen LogP contribution in [-0.4, -0.2) is 19.2 Å². The summed E-state index contributed by atoms with van der Waals surface area (Å²) in [6.07, 6.45) is 5.43. The Bertz CT molecular complexity index is 786. The van der Waals surface area contributed by atoms with Crippen LogP contribution in [0, 0.1) is 11.7 Å². The van der Waals surface area contributed by atoms with Crippen molar-refractivity contribution in [1.29, 1.82) is 0 Å². The van der Waals surface area contributed by atoms with Gasteiger partial charge in [0.25, 0.3) is 0 Å². The van der Waals surface area contributed by atoms with Crippen LogP contribution < -0.4 is 4.72 Å². The van der Waals surface area contributed by atoms with Gasteiger partial charge in [-0.25, -0.2) is 17.5 Å². The van der Waals surface area contributed by atoms with E-state index in [9.17, 15) is 12.8 Å². The van der Waals surface area contributed by atoms with Crippen LogP contribution in [0.4, 0.5) is 4.39 Å². The lowest BCUT2D eigenvalue weighted by Crippen LogP contribution is -2.31. The molecule has 0 radical (unpaired) electrons. The third-order valence-electron chi connectivity index (χ3n) is 4.08. The summed E-state index contributed by atoms with van der Waals surface area (Å²) < 4.78 is 39.7. The summed E-state index contributed by atoms with van der Waals surface area (Å²) in [6, 6.07) is 7.88. The normalized spacial score (nSPS) is 16.3. The summed E-state index contributed by atoms with van der Waals surface area (Å²) >= 11 is 0. The van der Waals surface area contributed by atoms with Crippen LogP contribution in [0.15, 0.2) is 42.7 Å². The van der Waals surface area contributed by atoms with Gasteiger partial charge in [0.1, 0.15) is 5.82 Å². The molecule has 122 valence electrons. The number of sulfonamides is 1. The maximum atomic E-state index is 13.1. The van der Waals surface area contributed by atoms with E-state index in [1.165, 1.54) is 12.1 Å². The van der Waals surface area contributed by atoms with Crippen molar-refractivity contribution in [2.45, 2.75) is 25.8 Å². The molecule has 1 N–H and O–H groups in total. The molecule has 2 aromatic rings. The molecule has 1 atom stereocenters. The number of nitrogens with one attached hydrogen (secondary N) is 1. The molecular formula is C17H19FN2O2S. The van der Waals surface area contributed by atoms with Gasteiger partial charge in [-0.2, -0.15) is 0 Å². The smallest absolute Gasteiger partial charge is 0.211 e. The molecule has 0 saturated heterocycles. The predicted molar refractivity (Wildman–Crippen MR) is 87.7 cm³/mol. The number of pyridine rings is 1. The van der Waals surface area contributed by atoms with Crippen LogP contribution in [0.1, 0.15) is 31.4 Å². The second-order valence-electron chi connectivity index (χ2n) is 5.85. The summed E-state index contributed by atoms with van der Waals surface area (Å²) in [7, 11) is -3.28. The summed E-state index contributed by atoms with van der Waals surface area (Å²) in [5, 5.41) is 0. The first-order valence-electron chi connectivity index (χ1n) is 7.69. The Balaban J connectivity index is 1.92. The van der Waals surface area contributed by atoms with Crippen molar-refractivity contribution in [3.8, 4) is 11.1 Å². The molecule has 0 spiro atoms. The lowest BCUT2D eigenvalue weighted by molar-refractivity contribution is 0.529. The summed E-state index contributed by atoms with van der Waals surface area (Å²) in [4.78, 5) is 4.24. The van der Waals surface area contributed by atoms with Crippen molar-refractivity contribution >= 4 is 10.0 Å². The van der Waals surface area contributed by atoms with Gasteiger partial charge in [-0.05, 0) is 55.0 Å². The van der Waals surface area contributed by atoms with E-state index in [0.717, 1.165) is 29.5 Å². The first-order valence-corrected chi connectivity index (χ1v) is 9.34. The van der Waals surface area contributed by atoms with Crippen LogP contribution in [0.5, 0.6) is 0 Å². The van der Waals surface area contributed by atoms with Crippen molar-refractivity contribution in [1.82, 2.24) is 9.71 Å². The SMILES string of the molecule is CCS(=O)(=O)NC(c1cncc(-c2ccc(F)cc2)c1)C1CC1. The summed E-state index contributed by atoms with van der Waals surface area (Å²) in [6.45, 7) is 1.62. The van der Waals surface area contributed by atoms with Gasteiger partial charge < -0.3 is 0 Å². The van der Waals surface area contributed by atoms with Crippen LogP contribution in [0.25, 0.3) is 11.1 Å². The standard InChI is InChI=1S/C17H19FN2O2S/c1-2-23(21,22)20-17(13-3-4-13)15-9-14(10-19-11-15)12-5-7-16(18)8-6-12/h5-11,13,17,20H,2-4H2,1H3. The Labute approximate surface area is 135 Å². The van der Waals surface area contributed by atoms with E-state index in [1.807, 2.05) is 6.07 Å². The molecule has 1 heterocycles. The fourth-order valence-electron chi connectivity index (χ4n) is 2.57. The number of hydrogen-bond donors (Lipinski definition) is 1. The van der Waals surface area contributed by atoms with E-state index in [-0.39, 0.29) is 17.6 Å². The van der Waals surface area contributed by atoms with Crippen molar-refractivity contribution in [3.05, 3.63) is 54.1 Å². The summed E-state index contributed by atoms with van der Waals surface area (Å²) in [5.41, 5.74) is 2.56. The van der Waals surface area contributed by atoms with Crippen LogP contribution in [-0.2, 0) is 10.0 Å². The molecule has 3 rings (SSSR count). The van der Waals surface area contributed by atoms with Gasteiger partial charge in [-0.3, -0.25) is 4.98 Å². The highest BCUT2D eigenvalue weighted by Gasteiger charge is 2.35. The van der Waals surface area contributed by atoms with Crippen LogP contribution in [0.3, 0.4) is 0 Å². The number of nitrogens with zero attached hydrogens (tertiary/aromatic N) is 1.